The van der Waals surface area contributed by atoms with Gasteiger partial charge in [-0.3, -0.25) is 4.98 Å². The van der Waals surface area contributed by atoms with Gasteiger partial charge in [0.05, 0.1) is 0 Å². The van der Waals surface area contributed by atoms with E-state index in [0.29, 0.717) is 6.04 Å². The smallest absolute Gasteiger partial charge is 0.0335 e. The van der Waals surface area contributed by atoms with Crippen molar-refractivity contribution < 1.29 is 0 Å². The minimum atomic E-state index is 0.538. The van der Waals surface area contributed by atoms with Crippen LogP contribution in [0.3, 0.4) is 0 Å². The average molecular weight is 176 g/mol. The van der Waals surface area contributed by atoms with E-state index in [-0.39, 0.29) is 0 Å². The van der Waals surface area contributed by atoms with Gasteiger partial charge in [0, 0.05) is 18.4 Å². The molecule has 0 unspecified atom stereocenters. The van der Waals surface area contributed by atoms with Gasteiger partial charge in [0.25, 0.3) is 0 Å². The third-order valence-electron chi connectivity index (χ3n) is 2.65. The lowest BCUT2D eigenvalue weighted by Crippen LogP contribution is -2.20. The van der Waals surface area contributed by atoms with E-state index >= 15 is 0 Å². The Balaban J connectivity index is 2.06. The second kappa shape index (κ2) is 4.38. The van der Waals surface area contributed by atoms with Crippen LogP contribution >= 0.6 is 0 Å². The highest BCUT2D eigenvalue weighted by Gasteiger charge is 2.12. The number of aromatic nitrogens is 1. The standard InChI is InChI=1S/C11H16N2/c1-2-6-11(13-8-3-1)10-5-4-7-12-9-10/h4-5,7,9,11,13H,1-3,6,8H2/t11-/m1/s1. The van der Waals surface area contributed by atoms with E-state index in [0.717, 1.165) is 6.54 Å². The third-order valence-corrected chi connectivity index (χ3v) is 2.65. The quantitative estimate of drug-likeness (QED) is 0.710. The second-order valence-corrected chi connectivity index (χ2v) is 3.64. The summed E-state index contributed by atoms with van der Waals surface area (Å²) in [7, 11) is 0. The van der Waals surface area contributed by atoms with Crippen molar-refractivity contribution in [2.24, 2.45) is 0 Å². The summed E-state index contributed by atoms with van der Waals surface area (Å²) in [6.45, 7) is 1.15. The van der Waals surface area contributed by atoms with E-state index in [4.69, 9.17) is 0 Å². The molecule has 2 heteroatoms. The second-order valence-electron chi connectivity index (χ2n) is 3.64. The van der Waals surface area contributed by atoms with Crippen LogP contribution in [-0.2, 0) is 0 Å². The van der Waals surface area contributed by atoms with Crippen molar-refractivity contribution in [3.05, 3.63) is 30.1 Å². The molecule has 13 heavy (non-hydrogen) atoms. The molecule has 0 radical (unpaired) electrons. The number of rotatable bonds is 1. The first kappa shape index (κ1) is 8.70. The summed E-state index contributed by atoms with van der Waals surface area (Å²) in [6.07, 6.45) is 9.09. The summed E-state index contributed by atoms with van der Waals surface area (Å²) < 4.78 is 0. The molecule has 1 aromatic rings. The molecular weight excluding hydrogens is 160 g/mol. The molecule has 1 aliphatic heterocycles. The lowest BCUT2D eigenvalue weighted by molar-refractivity contribution is 0.533. The molecule has 1 aliphatic rings. The molecule has 0 amide bonds. The minimum absolute atomic E-state index is 0.538. The Morgan fingerprint density at radius 2 is 2.31 bits per heavy atom. The van der Waals surface area contributed by atoms with Gasteiger partial charge in [0.2, 0.25) is 0 Å². The fourth-order valence-corrected chi connectivity index (χ4v) is 1.90. The average Bonchev–Trinajstić information content (AvgIpc) is 2.47. The largest absolute Gasteiger partial charge is 0.310 e. The van der Waals surface area contributed by atoms with Crippen LogP contribution in [0.5, 0.6) is 0 Å². The molecule has 1 atom stereocenters. The van der Waals surface area contributed by atoms with Crippen LogP contribution < -0.4 is 5.32 Å². The first-order valence-corrected chi connectivity index (χ1v) is 5.10. The summed E-state index contributed by atoms with van der Waals surface area (Å²) in [5.41, 5.74) is 1.34. The summed E-state index contributed by atoms with van der Waals surface area (Å²) in [4.78, 5) is 4.15. The maximum Gasteiger partial charge on any atom is 0.0335 e. The lowest BCUT2D eigenvalue weighted by atomic mass is 10.0. The fourth-order valence-electron chi connectivity index (χ4n) is 1.90. The van der Waals surface area contributed by atoms with Crippen LogP contribution in [0, 0.1) is 0 Å². The van der Waals surface area contributed by atoms with E-state index < -0.39 is 0 Å². The van der Waals surface area contributed by atoms with Crippen LogP contribution in [0.1, 0.15) is 37.3 Å². The fraction of sp³-hybridized carbons (Fsp3) is 0.545. The Kier molecular flexibility index (Phi) is 2.93. The van der Waals surface area contributed by atoms with Gasteiger partial charge in [0.1, 0.15) is 0 Å². The highest BCUT2D eigenvalue weighted by Crippen LogP contribution is 2.21. The molecule has 1 aromatic heterocycles. The summed E-state index contributed by atoms with van der Waals surface area (Å²) in [6, 6.07) is 4.72. The SMILES string of the molecule is c1cncc([C@H]2CCCCCN2)c1. The highest BCUT2D eigenvalue weighted by atomic mass is 14.9. The Morgan fingerprint density at radius 1 is 1.31 bits per heavy atom. The van der Waals surface area contributed by atoms with Gasteiger partial charge >= 0.3 is 0 Å². The van der Waals surface area contributed by atoms with Crippen LogP contribution in [0.2, 0.25) is 0 Å². The van der Waals surface area contributed by atoms with Crippen molar-refractivity contribution in [2.45, 2.75) is 31.7 Å². The van der Waals surface area contributed by atoms with E-state index in [1.165, 1.54) is 31.2 Å². The minimum Gasteiger partial charge on any atom is -0.310 e. The van der Waals surface area contributed by atoms with Crippen LogP contribution in [-0.4, -0.2) is 11.5 Å². The molecule has 2 heterocycles. The molecule has 0 bridgehead atoms. The topological polar surface area (TPSA) is 24.9 Å². The molecule has 0 saturated carbocycles. The maximum atomic E-state index is 4.15. The lowest BCUT2D eigenvalue weighted by Gasteiger charge is -2.15. The summed E-state index contributed by atoms with van der Waals surface area (Å²) in [5, 5.41) is 3.56. The zero-order valence-corrected chi connectivity index (χ0v) is 7.87. The Hall–Kier alpha value is -0.890. The molecule has 1 fully saturated rings. The summed E-state index contributed by atoms with van der Waals surface area (Å²) >= 11 is 0. The molecule has 0 spiro atoms. The van der Waals surface area contributed by atoms with Crippen molar-refractivity contribution in [3.8, 4) is 0 Å². The van der Waals surface area contributed by atoms with E-state index in [9.17, 15) is 0 Å². The molecular formula is C11H16N2. The van der Waals surface area contributed by atoms with E-state index in [2.05, 4.69) is 16.4 Å². The predicted octanol–water partition coefficient (Wildman–Crippen LogP) is 2.29. The highest BCUT2D eigenvalue weighted by molar-refractivity contribution is 5.13. The number of hydrogen-bond donors (Lipinski definition) is 1. The van der Waals surface area contributed by atoms with Gasteiger partial charge in [-0.25, -0.2) is 0 Å². The van der Waals surface area contributed by atoms with Gasteiger partial charge in [-0.2, -0.15) is 0 Å². The summed E-state index contributed by atoms with van der Waals surface area (Å²) in [5.74, 6) is 0. The van der Waals surface area contributed by atoms with E-state index in [1.54, 1.807) is 0 Å². The van der Waals surface area contributed by atoms with Crippen molar-refractivity contribution in [3.63, 3.8) is 0 Å². The molecule has 1 N–H and O–H groups in total. The zero-order valence-electron chi connectivity index (χ0n) is 7.87. The van der Waals surface area contributed by atoms with Crippen molar-refractivity contribution in [2.75, 3.05) is 6.54 Å². The predicted molar refractivity (Wildman–Crippen MR) is 53.4 cm³/mol. The first-order valence-electron chi connectivity index (χ1n) is 5.10. The van der Waals surface area contributed by atoms with Crippen molar-refractivity contribution in [1.82, 2.24) is 10.3 Å². The van der Waals surface area contributed by atoms with Gasteiger partial charge in [-0.05, 0) is 31.0 Å². The third kappa shape index (κ3) is 2.28. The molecule has 2 rings (SSSR count). The number of pyridine rings is 1. The first-order chi connectivity index (χ1) is 6.47. The zero-order chi connectivity index (χ0) is 8.93. The molecule has 0 aliphatic carbocycles. The number of nitrogens with one attached hydrogen (secondary N) is 1. The normalized spacial score (nSPS) is 23.8. The molecule has 0 aromatic carbocycles. The van der Waals surface area contributed by atoms with Gasteiger partial charge in [-0.1, -0.05) is 18.9 Å². The molecule has 70 valence electrons. The number of nitrogens with zero attached hydrogens (tertiary/aromatic N) is 1. The van der Waals surface area contributed by atoms with Crippen molar-refractivity contribution >= 4 is 0 Å². The molecule has 1 saturated heterocycles. The number of hydrogen-bond acceptors (Lipinski definition) is 2. The van der Waals surface area contributed by atoms with E-state index in [1.807, 2.05) is 18.5 Å². The maximum absolute atomic E-state index is 4.15. The Labute approximate surface area is 79.4 Å². The van der Waals surface area contributed by atoms with Gasteiger partial charge in [0.15, 0.2) is 0 Å². The molecule has 2 nitrogen and oxygen atoms in total. The van der Waals surface area contributed by atoms with Crippen LogP contribution in [0.15, 0.2) is 24.5 Å². The van der Waals surface area contributed by atoms with Gasteiger partial charge < -0.3 is 5.32 Å². The van der Waals surface area contributed by atoms with Crippen LogP contribution in [0.25, 0.3) is 0 Å². The Bertz CT molecular complexity index is 238. The monoisotopic (exact) mass is 176 g/mol. The Morgan fingerprint density at radius 3 is 3.15 bits per heavy atom. The van der Waals surface area contributed by atoms with Crippen LogP contribution in [0.4, 0.5) is 0 Å². The van der Waals surface area contributed by atoms with Gasteiger partial charge in [-0.15, -0.1) is 0 Å². The van der Waals surface area contributed by atoms with Crippen molar-refractivity contribution in [1.29, 1.82) is 0 Å².